The van der Waals surface area contributed by atoms with Crippen LogP contribution in [0.3, 0.4) is 0 Å². The number of anilines is 1. The van der Waals surface area contributed by atoms with Crippen LogP contribution in [0.25, 0.3) is 11.3 Å². The molecule has 0 aliphatic rings. The van der Waals surface area contributed by atoms with E-state index in [9.17, 15) is 9.59 Å². The van der Waals surface area contributed by atoms with E-state index in [0.29, 0.717) is 11.4 Å². The van der Waals surface area contributed by atoms with Gasteiger partial charge in [0.25, 0.3) is 0 Å². The van der Waals surface area contributed by atoms with Crippen LogP contribution in [-0.4, -0.2) is 15.6 Å². The van der Waals surface area contributed by atoms with Gasteiger partial charge in [0, 0.05) is 16.6 Å². The van der Waals surface area contributed by atoms with Gasteiger partial charge in [0.15, 0.2) is 0 Å². The Morgan fingerprint density at radius 1 is 1.47 bits per heavy atom. The SMILES string of the molecule is Nc1cccc(-c2csc(=O)n2CC(=O)O)c1. The Balaban J connectivity index is 2.52. The van der Waals surface area contributed by atoms with E-state index in [4.69, 9.17) is 10.8 Å². The molecule has 0 amide bonds. The number of thiazole rings is 1. The number of carboxylic acids is 1. The highest BCUT2D eigenvalue weighted by Crippen LogP contribution is 2.21. The highest BCUT2D eigenvalue weighted by atomic mass is 32.1. The highest BCUT2D eigenvalue weighted by molar-refractivity contribution is 7.07. The van der Waals surface area contributed by atoms with Crippen molar-refractivity contribution in [3.63, 3.8) is 0 Å². The minimum Gasteiger partial charge on any atom is -0.480 e. The Hall–Kier alpha value is -2.08. The molecule has 1 aromatic heterocycles. The number of aliphatic carboxylic acids is 1. The number of hydrogen-bond donors (Lipinski definition) is 2. The number of carboxylic acid groups (broad SMARTS) is 1. The third kappa shape index (κ3) is 2.36. The predicted octanol–water partition coefficient (Wildman–Crippen LogP) is 1.24. The average Bonchev–Trinajstić information content (AvgIpc) is 2.60. The van der Waals surface area contributed by atoms with Gasteiger partial charge in [0.05, 0.1) is 5.69 Å². The Labute approximate surface area is 101 Å². The average molecular weight is 250 g/mol. The summed E-state index contributed by atoms with van der Waals surface area (Å²) in [5, 5.41) is 10.4. The molecule has 0 saturated heterocycles. The number of nitrogens with two attached hydrogens (primary N) is 1. The van der Waals surface area contributed by atoms with Crippen LogP contribution in [0.2, 0.25) is 0 Å². The number of benzene rings is 1. The first-order chi connectivity index (χ1) is 8.08. The molecule has 1 heterocycles. The molecule has 2 aromatic rings. The molecular weight excluding hydrogens is 240 g/mol. The van der Waals surface area contributed by atoms with E-state index in [1.807, 2.05) is 0 Å². The van der Waals surface area contributed by atoms with Gasteiger partial charge in [-0.3, -0.25) is 14.2 Å². The van der Waals surface area contributed by atoms with Crippen molar-refractivity contribution in [3.8, 4) is 11.3 Å². The lowest BCUT2D eigenvalue weighted by atomic mass is 10.1. The first kappa shape index (κ1) is 11.4. The maximum absolute atomic E-state index is 11.5. The van der Waals surface area contributed by atoms with Crippen LogP contribution < -0.4 is 10.6 Å². The van der Waals surface area contributed by atoms with Gasteiger partial charge < -0.3 is 10.8 Å². The van der Waals surface area contributed by atoms with Gasteiger partial charge in [0.1, 0.15) is 6.54 Å². The monoisotopic (exact) mass is 250 g/mol. The van der Waals surface area contributed by atoms with Gasteiger partial charge in [-0.15, -0.1) is 0 Å². The van der Waals surface area contributed by atoms with Crippen molar-refractivity contribution in [1.82, 2.24) is 4.57 Å². The molecule has 88 valence electrons. The summed E-state index contributed by atoms with van der Waals surface area (Å²) in [7, 11) is 0. The lowest BCUT2D eigenvalue weighted by Gasteiger charge is -2.05. The van der Waals surface area contributed by atoms with Crippen molar-refractivity contribution in [2.75, 3.05) is 5.73 Å². The minimum absolute atomic E-state index is 0.287. The number of rotatable bonds is 3. The minimum atomic E-state index is -1.05. The van der Waals surface area contributed by atoms with E-state index in [0.717, 1.165) is 16.9 Å². The number of hydrogen-bond acceptors (Lipinski definition) is 4. The molecule has 3 N–H and O–H groups in total. The summed E-state index contributed by atoms with van der Waals surface area (Å²) in [6, 6.07) is 6.99. The van der Waals surface area contributed by atoms with Crippen LogP contribution in [0.15, 0.2) is 34.4 Å². The van der Waals surface area contributed by atoms with E-state index in [-0.39, 0.29) is 11.4 Å². The molecule has 1 aromatic carbocycles. The Bertz CT molecular complexity index is 615. The van der Waals surface area contributed by atoms with Crippen molar-refractivity contribution in [2.45, 2.75) is 6.54 Å². The van der Waals surface area contributed by atoms with Crippen molar-refractivity contribution in [2.24, 2.45) is 0 Å². The van der Waals surface area contributed by atoms with Crippen molar-refractivity contribution < 1.29 is 9.90 Å². The maximum Gasteiger partial charge on any atom is 0.323 e. The Morgan fingerprint density at radius 2 is 2.24 bits per heavy atom. The first-order valence-corrected chi connectivity index (χ1v) is 5.72. The molecule has 0 saturated carbocycles. The number of nitrogens with zero attached hydrogens (tertiary/aromatic N) is 1. The molecule has 2 rings (SSSR count). The van der Waals surface area contributed by atoms with Crippen molar-refractivity contribution in [1.29, 1.82) is 0 Å². The second kappa shape index (κ2) is 4.42. The predicted molar refractivity (Wildman–Crippen MR) is 66.1 cm³/mol. The fourth-order valence-corrected chi connectivity index (χ4v) is 2.30. The van der Waals surface area contributed by atoms with Gasteiger partial charge in [-0.25, -0.2) is 0 Å². The van der Waals surface area contributed by atoms with E-state index in [1.165, 1.54) is 4.57 Å². The number of nitrogen functional groups attached to an aromatic ring is 1. The fourth-order valence-electron chi connectivity index (χ4n) is 1.54. The van der Waals surface area contributed by atoms with Crippen LogP contribution >= 0.6 is 11.3 Å². The van der Waals surface area contributed by atoms with E-state index < -0.39 is 5.97 Å². The second-order valence-electron chi connectivity index (χ2n) is 3.49. The molecule has 6 heteroatoms. The lowest BCUT2D eigenvalue weighted by molar-refractivity contribution is -0.137. The maximum atomic E-state index is 11.5. The molecular formula is C11H10N2O3S. The molecule has 5 nitrogen and oxygen atoms in total. The summed E-state index contributed by atoms with van der Waals surface area (Å²) < 4.78 is 1.22. The summed E-state index contributed by atoms with van der Waals surface area (Å²) in [5.41, 5.74) is 7.54. The van der Waals surface area contributed by atoms with Gasteiger partial charge in [-0.1, -0.05) is 23.5 Å². The normalized spacial score (nSPS) is 10.4. The van der Waals surface area contributed by atoms with Crippen LogP contribution in [-0.2, 0) is 11.3 Å². The number of aromatic nitrogens is 1. The molecule has 0 spiro atoms. The van der Waals surface area contributed by atoms with Crippen molar-refractivity contribution in [3.05, 3.63) is 39.3 Å². The third-order valence-corrected chi connectivity index (χ3v) is 3.02. The van der Waals surface area contributed by atoms with Crippen LogP contribution in [0, 0.1) is 0 Å². The molecule has 17 heavy (non-hydrogen) atoms. The van der Waals surface area contributed by atoms with Crippen LogP contribution in [0.1, 0.15) is 0 Å². The van der Waals surface area contributed by atoms with Crippen molar-refractivity contribution >= 4 is 23.0 Å². The third-order valence-electron chi connectivity index (χ3n) is 2.26. The topological polar surface area (TPSA) is 85.3 Å². The zero-order chi connectivity index (χ0) is 12.4. The summed E-state index contributed by atoms with van der Waals surface area (Å²) in [4.78, 5) is 21.9. The molecule has 0 radical (unpaired) electrons. The zero-order valence-corrected chi connectivity index (χ0v) is 9.61. The summed E-state index contributed by atoms with van der Waals surface area (Å²) in [6.45, 7) is -0.341. The zero-order valence-electron chi connectivity index (χ0n) is 8.79. The summed E-state index contributed by atoms with van der Waals surface area (Å²) in [6.07, 6.45) is 0. The largest absolute Gasteiger partial charge is 0.480 e. The Morgan fingerprint density at radius 3 is 2.88 bits per heavy atom. The van der Waals surface area contributed by atoms with E-state index in [1.54, 1.807) is 29.6 Å². The van der Waals surface area contributed by atoms with Gasteiger partial charge >= 0.3 is 10.8 Å². The van der Waals surface area contributed by atoms with Gasteiger partial charge in [-0.05, 0) is 12.1 Å². The smallest absolute Gasteiger partial charge is 0.323 e. The number of carbonyl (C=O) groups is 1. The van der Waals surface area contributed by atoms with E-state index in [2.05, 4.69) is 0 Å². The molecule has 0 aliphatic heterocycles. The molecule has 0 atom stereocenters. The fraction of sp³-hybridized carbons (Fsp3) is 0.0909. The van der Waals surface area contributed by atoms with Crippen LogP contribution in [0.5, 0.6) is 0 Å². The standard InChI is InChI=1S/C11H10N2O3S/c12-8-3-1-2-7(4-8)9-6-17-11(16)13(9)5-10(14)15/h1-4,6H,5,12H2,(H,14,15). The molecule has 0 unspecified atom stereocenters. The lowest BCUT2D eigenvalue weighted by Crippen LogP contribution is -2.19. The molecule has 0 fully saturated rings. The quantitative estimate of drug-likeness (QED) is 0.803. The summed E-state index contributed by atoms with van der Waals surface area (Å²) in [5.74, 6) is -1.05. The first-order valence-electron chi connectivity index (χ1n) is 4.84. The highest BCUT2D eigenvalue weighted by Gasteiger charge is 2.11. The second-order valence-corrected chi connectivity index (χ2v) is 4.31. The Kier molecular flexibility index (Phi) is 2.97. The summed E-state index contributed by atoms with van der Waals surface area (Å²) >= 11 is 0.977. The van der Waals surface area contributed by atoms with Gasteiger partial charge in [0.2, 0.25) is 0 Å². The van der Waals surface area contributed by atoms with E-state index >= 15 is 0 Å². The molecule has 0 aliphatic carbocycles. The van der Waals surface area contributed by atoms with Crippen LogP contribution in [0.4, 0.5) is 5.69 Å². The molecule has 0 bridgehead atoms. The van der Waals surface area contributed by atoms with Gasteiger partial charge in [-0.2, -0.15) is 0 Å².